The molecule has 2 aliphatic carbocycles. The number of nitrogens with one attached hydrogen (secondary N) is 7. The molecule has 2 aliphatic heterocycles. The van der Waals surface area contributed by atoms with Crippen LogP contribution in [-0.4, -0.2) is 69.8 Å². The number of carbonyl (C=O) groups excluding carboxylic acids is 5. The molecule has 17 heteroatoms. The van der Waals surface area contributed by atoms with Gasteiger partial charge in [-0.3, -0.25) is 19.2 Å². The summed E-state index contributed by atoms with van der Waals surface area (Å²) in [5.41, 5.74) is 19.3. The Labute approximate surface area is 411 Å². The zero-order valence-corrected chi connectivity index (χ0v) is 40.3. The first-order valence-corrected chi connectivity index (χ1v) is 23.8. The third kappa shape index (κ3) is 10.8. The normalized spacial score (nSPS) is 16.6. The first-order chi connectivity index (χ1) is 33.3. The number of hydrazone groups is 2. The van der Waals surface area contributed by atoms with Gasteiger partial charge in [-0.15, -0.1) is 12.4 Å². The fourth-order valence-electron chi connectivity index (χ4n) is 10.0. The smallest absolute Gasteiger partial charge is 0.408 e. The van der Waals surface area contributed by atoms with E-state index in [-0.39, 0.29) is 47.9 Å². The molecular formula is C53H59ClN10O6. The van der Waals surface area contributed by atoms with Gasteiger partial charge in [-0.2, -0.15) is 10.2 Å². The Morgan fingerprint density at radius 2 is 1.09 bits per heavy atom. The highest BCUT2D eigenvalue weighted by atomic mass is 35.5. The summed E-state index contributed by atoms with van der Waals surface area (Å²) in [5.74, 6) is -1.02. The molecule has 5 amide bonds. The maximum Gasteiger partial charge on any atom is 0.408 e. The minimum Gasteiger partial charge on any atom is -0.444 e. The number of alkyl carbamates (subject to hydrolysis) is 1. The second-order valence-electron chi connectivity index (χ2n) is 19.3. The number of benzene rings is 4. The van der Waals surface area contributed by atoms with E-state index in [1.54, 1.807) is 45.3 Å². The van der Waals surface area contributed by atoms with Gasteiger partial charge in [0.25, 0.3) is 11.8 Å². The van der Waals surface area contributed by atoms with Gasteiger partial charge in [0.1, 0.15) is 11.6 Å². The van der Waals surface area contributed by atoms with Gasteiger partial charge in [0.15, 0.2) is 0 Å². The zero-order valence-electron chi connectivity index (χ0n) is 39.4. The second kappa shape index (κ2) is 21.1. The van der Waals surface area contributed by atoms with Crippen molar-refractivity contribution in [2.75, 3.05) is 10.6 Å². The Morgan fingerprint density at radius 3 is 1.54 bits per heavy atom. The molecule has 0 spiro atoms. The van der Waals surface area contributed by atoms with Crippen LogP contribution in [0.25, 0.3) is 44.3 Å². The number of ether oxygens (including phenoxy) is 1. The molecule has 0 saturated heterocycles. The van der Waals surface area contributed by atoms with Gasteiger partial charge < -0.3 is 36.4 Å². The fraction of sp³-hybridized carbons (Fsp3) is 0.340. The Morgan fingerprint density at radius 1 is 0.643 bits per heavy atom. The summed E-state index contributed by atoms with van der Waals surface area (Å²) in [5, 5.41) is 18.4. The number of hydrogen-bond donors (Lipinski definition) is 8. The standard InChI is InChI=1S/C29H33N5O4.C24H25N5O2.ClH/c1-29(2,3)38-28(37)33-25(18-12-8-5-9-13-18)27(36)31-19-14-20-23-21(16-30-34-26(20)35)24(32-22(23)15-19)17-10-6-4-7-11-17;25-21(14-7-3-1-4-8-14)24(31)27-16-11-17-20-18(13-26-29-23(17)30)22(28-19(20)12-16)15-9-5-2-6-10-15;/h4,6-7,10-11,14-16,18,25,32H,5,8-9,12-13H2,1-3H3,(H,31,36)(H,33,37)(H,34,35);2,5-6,9-14,21,28H,1,3-4,7-8,25H2,(H,27,31)(H,29,30);1H/t25-;21-;/m11./s1. The van der Waals surface area contributed by atoms with Crippen molar-refractivity contribution >= 4 is 87.7 Å². The van der Waals surface area contributed by atoms with Crippen LogP contribution >= 0.6 is 12.4 Å². The summed E-state index contributed by atoms with van der Waals surface area (Å²) in [6, 6.07) is 25.4. The summed E-state index contributed by atoms with van der Waals surface area (Å²) in [7, 11) is 0. The molecular weight excluding hydrogens is 908 g/mol. The third-order valence-corrected chi connectivity index (χ3v) is 13.3. The maximum atomic E-state index is 13.6. The van der Waals surface area contributed by atoms with Crippen LogP contribution in [0.3, 0.4) is 0 Å². The number of H-pyrrole nitrogens is 2. The topological polar surface area (TPSA) is 237 Å². The molecule has 4 heterocycles. The average molecular weight is 968 g/mol. The Hall–Kier alpha value is -7.30. The van der Waals surface area contributed by atoms with Crippen molar-refractivity contribution < 1.29 is 28.7 Å². The van der Waals surface area contributed by atoms with Gasteiger partial charge in [0, 0.05) is 44.3 Å². The van der Waals surface area contributed by atoms with Gasteiger partial charge in [-0.05, 0) is 93.7 Å². The minimum atomic E-state index is -0.753. The molecule has 0 radical (unpaired) electrons. The van der Waals surface area contributed by atoms with Crippen molar-refractivity contribution in [2.45, 2.75) is 103 Å². The molecule has 2 saturated carbocycles. The minimum absolute atomic E-state index is 0. The lowest BCUT2D eigenvalue weighted by Gasteiger charge is -2.31. The van der Waals surface area contributed by atoms with Crippen LogP contribution in [0, 0.1) is 11.8 Å². The van der Waals surface area contributed by atoms with Crippen LogP contribution in [0.15, 0.2) is 95.1 Å². The van der Waals surface area contributed by atoms with Crippen LogP contribution < -0.4 is 32.5 Å². The molecule has 4 aliphatic rings. The SMILES string of the molecule is CC(C)(C)OC(=O)N[C@@H](C(=O)Nc1cc2c3c(c(-c4ccccc4)[nH]c3c1)C=NNC2=O)C1CCCCC1.Cl.N[C@@H](C(=O)Nc1cc2c3c(c(-c4ccccc4)[nH]c3c1)C=NNC2=O)C1CCCCC1. The van der Waals surface area contributed by atoms with E-state index < -0.39 is 23.8 Å². The molecule has 70 heavy (non-hydrogen) atoms. The first-order valence-electron chi connectivity index (χ1n) is 23.8. The summed E-state index contributed by atoms with van der Waals surface area (Å²) in [6.45, 7) is 5.36. The van der Waals surface area contributed by atoms with E-state index in [2.05, 4.69) is 47.0 Å². The number of hydrogen-bond acceptors (Lipinski definition) is 9. The van der Waals surface area contributed by atoms with E-state index in [1.807, 2.05) is 72.8 Å². The number of halogens is 1. The zero-order chi connectivity index (χ0) is 48.2. The van der Waals surface area contributed by atoms with Gasteiger partial charge in [0.2, 0.25) is 11.8 Å². The average Bonchev–Trinajstić information content (AvgIpc) is 3.79. The molecule has 0 unspecified atom stereocenters. The molecule has 10 rings (SSSR count). The van der Waals surface area contributed by atoms with Crippen molar-refractivity contribution in [3.8, 4) is 22.5 Å². The van der Waals surface area contributed by atoms with E-state index in [9.17, 15) is 24.0 Å². The van der Waals surface area contributed by atoms with Crippen molar-refractivity contribution in [1.29, 1.82) is 0 Å². The summed E-state index contributed by atoms with van der Waals surface area (Å²) in [6.07, 6.45) is 12.9. The van der Waals surface area contributed by atoms with Crippen LogP contribution in [-0.2, 0) is 14.3 Å². The Kier molecular flexibility index (Phi) is 14.8. The lowest BCUT2D eigenvalue weighted by Crippen LogP contribution is -2.50. The van der Waals surface area contributed by atoms with Crippen molar-refractivity contribution in [2.24, 2.45) is 27.8 Å². The summed E-state index contributed by atoms with van der Waals surface area (Å²) < 4.78 is 5.45. The van der Waals surface area contributed by atoms with Gasteiger partial charge in [-0.1, -0.05) is 99.2 Å². The molecule has 6 aromatic rings. The number of amides is 5. The highest BCUT2D eigenvalue weighted by Gasteiger charge is 2.34. The van der Waals surface area contributed by atoms with E-state index in [1.165, 1.54) is 6.42 Å². The number of aromatic amines is 2. The molecule has 2 atom stereocenters. The van der Waals surface area contributed by atoms with Crippen molar-refractivity contribution in [1.82, 2.24) is 26.1 Å². The number of carbonyl (C=O) groups is 5. The fourth-order valence-corrected chi connectivity index (χ4v) is 10.0. The van der Waals surface area contributed by atoms with Crippen LogP contribution in [0.2, 0.25) is 0 Å². The first kappa shape index (κ1) is 49.1. The molecule has 0 bridgehead atoms. The predicted molar refractivity (Wildman–Crippen MR) is 276 cm³/mol. The molecule has 4 aromatic carbocycles. The largest absolute Gasteiger partial charge is 0.444 e. The van der Waals surface area contributed by atoms with Crippen molar-refractivity contribution in [3.05, 3.63) is 107 Å². The van der Waals surface area contributed by atoms with E-state index >= 15 is 0 Å². The van der Waals surface area contributed by atoms with Crippen LogP contribution in [0.1, 0.15) is 117 Å². The molecule has 2 aromatic heterocycles. The number of nitrogens with two attached hydrogens (primary N) is 1. The molecule has 16 nitrogen and oxygen atoms in total. The van der Waals surface area contributed by atoms with E-state index in [0.717, 1.165) is 108 Å². The third-order valence-electron chi connectivity index (χ3n) is 13.3. The van der Waals surface area contributed by atoms with E-state index in [0.29, 0.717) is 28.0 Å². The number of anilines is 2. The van der Waals surface area contributed by atoms with Crippen LogP contribution in [0.5, 0.6) is 0 Å². The maximum absolute atomic E-state index is 13.6. The lowest BCUT2D eigenvalue weighted by atomic mass is 9.83. The molecule has 364 valence electrons. The van der Waals surface area contributed by atoms with Gasteiger partial charge in [0.05, 0.1) is 41.0 Å². The predicted octanol–water partition coefficient (Wildman–Crippen LogP) is 9.50. The van der Waals surface area contributed by atoms with Crippen LogP contribution in [0.4, 0.5) is 16.2 Å². The number of nitrogens with zero attached hydrogens (tertiary/aromatic N) is 2. The molecule has 9 N–H and O–H groups in total. The highest BCUT2D eigenvalue weighted by molar-refractivity contribution is 6.19. The van der Waals surface area contributed by atoms with Gasteiger partial charge >= 0.3 is 6.09 Å². The Balaban J connectivity index is 0.000000189. The van der Waals surface area contributed by atoms with E-state index in [4.69, 9.17) is 10.5 Å². The quantitative estimate of drug-likeness (QED) is 0.0698. The highest BCUT2D eigenvalue weighted by Crippen LogP contribution is 2.37. The number of rotatable bonds is 9. The second-order valence-corrected chi connectivity index (χ2v) is 19.3. The molecule has 2 fully saturated rings. The number of aromatic nitrogens is 2. The van der Waals surface area contributed by atoms with Gasteiger partial charge in [-0.25, -0.2) is 15.6 Å². The lowest BCUT2D eigenvalue weighted by molar-refractivity contribution is -0.120. The summed E-state index contributed by atoms with van der Waals surface area (Å²) >= 11 is 0. The summed E-state index contributed by atoms with van der Waals surface area (Å²) in [4.78, 5) is 71.5. The Bertz CT molecular complexity index is 2980. The van der Waals surface area contributed by atoms with Crippen molar-refractivity contribution in [3.63, 3.8) is 0 Å². The monoisotopic (exact) mass is 966 g/mol.